The first-order valence-electron chi connectivity index (χ1n) is 7.35. The molecule has 1 aromatic carbocycles. The molecule has 6 heteroatoms. The number of urea groups is 1. The summed E-state index contributed by atoms with van der Waals surface area (Å²) in [4.78, 5) is 24.1. The van der Waals surface area contributed by atoms with Crippen LogP contribution in [0.2, 0.25) is 0 Å². The highest BCUT2D eigenvalue weighted by atomic mass is 16.2. The second kappa shape index (κ2) is 5.63. The SMILES string of the molecule is NC(=O)N1CCC(Nc2ccc3c(c2)CCC(=O)N3)CC1. The third-order valence-electron chi connectivity index (χ3n) is 4.18. The van der Waals surface area contributed by atoms with Crippen molar-refractivity contribution in [1.29, 1.82) is 0 Å². The smallest absolute Gasteiger partial charge is 0.314 e. The average molecular weight is 288 g/mol. The molecule has 112 valence electrons. The third-order valence-corrected chi connectivity index (χ3v) is 4.18. The van der Waals surface area contributed by atoms with Gasteiger partial charge in [0.15, 0.2) is 0 Å². The van der Waals surface area contributed by atoms with E-state index in [1.165, 1.54) is 5.56 Å². The van der Waals surface area contributed by atoms with E-state index in [0.29, 0.717) is 25.6 Å². The van der Waals surface area contributed by atoms with Crippen molar-refractivity contribution < 1.29 is 9.59 Å². The third kappa shape index (κ3) is 3.09. The fourth-order valence-corrected chi connectivity index (χ4v) is 2.95. The number of rotatable bonds is 2. The Kier molecular flexibility index (Phi) is 3.68. The number of primary amides is 1. The molecule has 6 nitrogen and oxygen atoms in total. The van der Waals surface area contributed by atoms with Crippen molar-refractivity contribution in [3.05, 3.63) is 23.8 Å². The minimum atomic E-state index is -0.335. The summed E-state index contributed by atoms with van der Waals surface area (Å²) < 4.78 is 0. The molecule has 0 aromatic heterocycles. The lowest BCUT2D eigenvalue weighted by Crippen LogP contribution is -2.44. The number of fused-ring (bicyclic) bond motifs is 1. The number of nitrogens with zero attached hydrogens (tertiary/aromatic N) is 1. The summed E-state index contributed by atoms with van der Waals surface area (Å²) in [6.07, 6.45) is 3.14. The molecule has 0 radical (unpaired) electrons. The molecule has 2 heterocycles. The fourth-order valence-electron chi connectivity index (χ4n) is 2.95. The van der Waals surface area contributed by atoms with Crippen LogP contribution < -0.4 is 16.4 Å². The molecule has 3 rings (SSSR count). The van der Waals surface area contributed by atoms with Gasteiger partial charge in [-0.05, 0) is 43.0 Å². The molecule has 0 aliphatic carbocycles. The van der Waals surface area contributed by atoms with Crippen LogP contribution in [0.25, 0.3) is 0 Å². The molecule has 3 amide bonds. The van der Waals surface area contributed by atoms with Crippen LogP contribution in [-0.4, -0.2) is 36.0 Å². The summed E-state index contributed by atoms with van der Waals surface area (Å²) >= 11 is 0. The molecule has 1 aromatic rings. The van der Waals surface area contributed by atoms with Crippen LogP contribution in [0.3, 0.4) is 0 Å². The van der Waals surface area contributed by atoms with E-state index in [4.69, 9.17) is 5.73 Å². The Morgan fingerprint density at radius 2 is 2.05 bits per heavy atom. The lowest BCUT2D eigenvalue weighted by molar-refractivity contribution is -0.116. The van der Waals surface area contributed by atoms with E-state index < -0.39 is 0 Å². The molecule has 1 fully saturated rings. The quantitative estimate of drug-likeness (QED) is 0.771. The highest BCUT2D eigenvalue weighted by Crippen LogP contribution is 2.26. The standard InChI is InChI=1S/C15H20N4O2/c16-15(21)19-7-5-11(6-8-19)17-12-2-3-13-10(9-12)1-4-14(20)18-13/h2-3,9,11,17H,1,4-8H2,(H2,16,21)(H,18,20). The molecular formula is C15H20N4O2. The van der Waals surface area contributed by atoms with Crippen molar-refractivity contribution in [2.24, 2.45) is 5.73 Å². The predicted octanol–water partition coefficient (Wildman–Crippen LogP) is 1.53. The van der Waals surface area contributed by atoms with Gasteiger partial charge in [0, 0.05) is 36.9 Å². The van der Waals surface area contributed by atoms with E-state index in [2.05, 4.69) is 16.7 Å². The van der Waals surface area contributed by atoms with Crippen molar-refractivity contribution in [3.63, 3.8) is 0 Å². The van der Waals surface area contributed by atoms with E-state index in [-0.39, 0.29) is 11.9 Å². The number of carbonyl (C=O) groups excluding carboxylic acids is 2. The zero-order valence-electron chi connectivity index (χ0n) is 11.9. The van der Waals surface area contributed by atoms with Gasteiger partial charge in [0.05, 0.1) is 0 Å². The highest BCUT2D eigenvalue weighted by molar-refractivity contribution is 5.94. The second-order valence-electron chi connectivity index (χ2n) is 5.66. The van der Waals surface area contributed by atoms with E-state index >= 15 is 0 Å². The largest absolute Gasteiger partial charge is 0.382 e. The van der Waals surface area contributed by atoms with Crippen LogP contribution >= 0.6 is 0 Å². The Labute approximate surface area is 123 Å². The number of carbonyl (C=O) groups is 2. The van der Waals surface area contributed by atoms with Crippen molar-refractivity contribution in [3.8, 4) is 0 Å². The Balaban J connectivity index is 1.61. The molecule has 21 heavy (non-hydrogen) atoms. The maximum Gasteiger partial charge on any atom is 0.314 e. The van der Waals surface area contributed by atoms with Crippen LogP contribution in [0, 0.1) is 0 Å². The first kappa shape index (κ1) is 13.7. The lowest BCUT2D eigenvalue weighted by atomic mass is 10.0. The molecule has 2 aliphatic heterocycles. The van der Waals surface area contributed by atoms with Crippen LogP contribution in [-0.2, 0) is 11.2 Å². The summed E-state index contributed by atoms with van der Waals surface area (Å²) in [5.41, 5.74) is 8.45. The summed E-state index contributed by atoms with van der Waals surface area (Å²) in [6.45, 7) is 1.40. The first-order valence-corrected chi connectivity index (χ1v) is 7.35. The topological polar surface area (TPSA) is 87.5 Å². The number of amides is 3. The molecule has 2 aliphatic rings. The lowest BCUT2D eigenvalue weighted by Gasteiger charge is -2.32. The number of hydrogen-bond acceptors (Lipinski definition) is 3. The zero-order valence-corrected chi connectivity index (χ0v) is 11.9. The van der Waals surface area contributed by atoms with Crippen molar-refractivity contribution in [1.82, 2.24) is 4.90 Å². The van der Waals surface area contributed by atoms with E-state index in [9.17, 15) is 9.59 Å². The number of anilines is 2. The van der Waals surface area contributed by atoms with Crippen LogP contribution in [0.4, 0.5) is 16.2 Å². The van der Waals surface area contributed by atoms with Crippen LogP contribution in [0.5, 0.6) is 0 Å². The Hall–Kier alpha value is -2.24. The molecule has 0 atom stereocenters. The van der Waals surface area contributed by atoms with Crippen molar-refractivity contribution >= 4 is 23.3 Å². The molecule has 0 unspecified atom stereocenters. The van der Waals surface area contributed by atoms with Crippen LogP contribution in [0.1, 0.15) is 24.8 Å². The van der Waals surface area contributed by atoms with Crippen LogP contribution in [0.15, 0.2) is 18.2 Å². The minimum absolute atomic E-state index is 0.0852. The van der Waals surface area contributed by atoms with Gasteiger partial charge >= 0.3 is 6.03 Å². The zero-order chi connectivity index (χ0) is 14.8. The minimum Gasteiger partial charge on any atom is -0.382 e. The summed E-state index contributed by atoms with van der Waals surface area (Å²) in [5.74, 6) is 0.0852. The van der Waals surface area contributed by atoms with Gasteiger partial charge in [-0.3, -0.25) is 4.79 Å². The molecule has 0 spiro atoms. The van der Waals surface area contributed by atoms with Gasteiger partial charge in [-0.2, -0.15) is 0 Å². The first-order chi connectivity index (χ1) is 10.1. The predicted molar refractivity (Wildman–Crippen MR) is 81.2 cm³/mol. The van der Waals surface area contributed by atoms with Gasteiger partial charge < -0.3 is 21.3 Å². The van der Waals surface area contributed by atoms with Crippen molar-refractivity contribution in [2.75, 3.05) is 23.7 Å². The van der Waals surface area contributed by atoms with Gasteiger partial charge in [0.2, 0.25) is 5.91 Å². The molecular weight excluding hydrogens is 268 g/mol. The Bertz CT molecular complexity index is 565. The summed E-state index contributed by atoms with van der Waals surface area (Å²) in [5, 5.41) is 6.39. The average Bonchev–Trinajstić information content (AvgIpc) is 2.48. The van der Waals surface area contributed by atoms with E-state index in [0.717, 1.165) is 30.6 Å². The Morgan fingerprint density at radius 3 is 2.76 bits per heavy atom. The van der Waals surface area contributed by atoms with Gasteiger partial charge in [0.1, 0.15) is 0 Å². The molecule has 4 N–H and O–H groups in total. The molecule has 0 bridgehead atoms. The fraction of sp³-hybridized carbons (Fsp3) is 0.467. The second-order valence-corrected chi connectivity index (χ2v) is 5.66. The molecule has 0 saturated carbocycles. The number of aryl methyl sites for hydroxylation is 1. The number of likely N-dealkylation sites (tertiary alicyclic amines) is 1. The van der Waals surface area contributed by atoms with Gasteiger partial charge in [0.25, 0.3) is 0 Å². The van der Waals surface area contributed by atoms with Gasteiger partial charge in [-0.25, -0.2) is 4.79 Å². The maximum atomic E-state index is 11.3. The molecule has 1 saturated heterocycles. The summed E-state index contributed by atoms with van der Waals surface area (Å²) in [7, 11) is 0. The number of piperidine rings is 1. The van der Waals surface area contributed by atoms with E-state index in [1.807, 2.05) is 12.1 Å². The number of nitrogens with two attached hydrogens (primary N) is 1. The van der Waals surface area contributed by atoms with Gasteiger partial charge in [-0.15, -0.1) is 0 Å². The summed E-state index contributed by atoms with van der Waals surface area (Å²) in [6, 6.07) is 6.07. The normalized spacial score (nSPS) is 18.9. The highest BCUT2D eigenvalue weighted by Gasteiger charge is 2.21. The number of nitrogens with one attached hydrogen (secondary N) is 2. The Morgan fingerprint density at radius 1 is 1.29 bits per heavy atom. The monoisotopic (exact) mass is 288 g/mol. The number of hydrogen-bond donors (Lipinski definition) is 3. The van der Waals surface area contributed by atoms with Crippen molar-refractivity contribution in [2.45, 2.75) is 31.7 Å². The number of benzene rings is 1. The van der Waals surface area contributed by atoms with E-state index in [1.54, 1.807) is 4.90 Å². The van der Waals surface area contributed by atoms with Gasteiger partial charge in [-0.1, -0.05) is 0 Å². The maximum absolute atomic E-state index is 11.3.